The normalized spacial score (nSPS) is 11.8. The van der Waals surface area contributed by atoms with Crippen LogP contribution in [0.1, 0.15) is 32.4 Å². The van der Waals surface area contributed by atoms with Gasteiger partial charge in [-0.05, 0) is 42.7 Å². The molecule has 0 aliphatic carbocycles. The van der Waals surface area contributed by atoms with E-state index in [0.29, 0.717) is 10.5 Å². The van der Waals surface area contributed by atoms with Crippen LogP contribution in [0.5, 0.6) is 0 Å². The number of rotatable bonds is 6. The monoisotopic (exact) mass is 495 g/mol. The van der Waals surface area contributed by atoms with Crippen molar-refractivity contribution >= 4 is 33.5 Å². The van der Waals surface area contributed by atoms with Gasteiger partial charge >= 0.3 is 0 Å². The molecule has 0 aliphatic heterocycles. The van der Waals surface area contributed by atoms with Crippen molar-refractivity contribution in [2.24, 2.45) is 17.1 Å². The van der Waals surface area contributed by atoms with Gasteiger partial charge in [-0.1, -0.05) is 74.5 Å². The molecule has 7 heteroatoms. The molecular formula is C29H29N5OS. The minimum Gasteiger partial charge on any atom is -0.283 e. The highest BCUT2D eigenvalue weighted by molar-refractivity contribution is 7.07. The predicted molar refractivity (Wildman–Crippen MR) is 150 cm³/mol. The molecule has 0 unspecified atom stereocenters. The van der Waals surface area contributed by atoms with Crippen LogP contribution in [0.2, 0.25) is 0 Å². The maximum Gasteiger partial charge on any atom is 0.297 e. The first-order valence-electron chi connectivity index (χ1n) is 12.2. The molecule has 0 bridgehead atoms. The van der Waals surface area contributed by atoms with Gasteiger partial charge < -0.3 is 0 Å². The van der Waals surface area contributed by atoms with Crippen molar-refractivity contribution in [2.75, 3.05) is 0 Å². The van der Waals surface area contributed by atoms with E-state index in [1.54, 1.807) is 4.68 Å². The van der Waals surface area contributed by atoms with Gasteiger partial charge in [0, 0.05) is 23.7 Å². The molecular weight excluding hydrogens is 466 g/mol. The summed E-state index contributed by atoms with van der Waals surface area (Å²) in [5.41, 5.74) is 5.00. The molecule has 0 spiro atoms. The number of benzene rings is 3. The lowest BCUT2D eigenvalue weighted by Gasteiger charge is -2.09. The zero-order valence-electron chi connectivity index (χ0n) is 21.0. The van der Waals surface area contributed by atoms with E-state index in [1.807, 2.05) is 53.7 Å². The summed E-state index contributed by atoms with van der Waals surface area (Å²) in [7, 11) is 1.89. The van der Waals surface area contributed by atoms with Crippen LogP contribution in [0, 0.1) is 6.92 Å². The van der Waals surface area contributed by atoms with E-state index in [-0.39, 0.29) is 5.56 Å². The summed E-state index contributed by atoms with van der Waals surface area (Å²) in [6, 6.07) is 24.3. The van der Waals surface area contributed by atoms with Crippen molar-refractivity contribution in [3.63, 3.8) is 0 Å². The first-order valence-corrected chi connectivity index (χ1v) is 13.1. The van der Waals surface area contributed by atoms with Gasteiger partial charge in [0.25, 0.3) is 5.56 Å². The lowest BCUT2D eigenvalue weighted by molar-refractivity contribution is 0.630. The first kappa shape index (κ1) is 23.8. The number of nitrogens with zero attached hydrogens (tertiary/aromatic N) is 5. The number of hydrogen-bond acceptors (Lipinski definition) is 4. The van der Waals surface area contributed by atoms with E-state index >= 15 is 0 Å². The maximum atomic E-state index is 13.5. The van der Waals surface area contributed by atoms with Crippen LogP contribution in [0.15, 0.2) is 93.1 Å². The van der Waals surface area contributed by atoms with Gasteiger partial charge in [-0.2, -0.15) is 5.10 Å². The van der Waals surface area contributed by atoms with Crippen LogP contribution in [-0.2, 0) is 7.05 Å². The third-order valence-corrected chi connectivity index (χ3v) is 7.36. The molecule has 0 radical (unpaired) electrons. The van der Waals surface area contributed by atoms with Gasteiger partial charge in [-0.25, -0.2) is 14.4 Å². The standard InChI is InChI=1S/C29H29N5OS/c1-5-22(6-2)31-33-26(25-18-12-14-21-13-10-11-17-24(21)25)19-36-29(33)30-27-20(3)32(4)34(28(27)35)23-15-8-7-9-16-23/h7-19H,5-6H2,1-4H3. The van der Waals surface area contributed by atoms with Gasteiger partial charge in [0.1, 0.15) is 0 Å². The van der Waals surface area contributed by atoms with Crippen LogP contribution >= 0.6 is 11.3 Å². The van der Waals surface area contributed by atoms with Crippen molar-refractivity contribution in [2.45, 2.75) is 33.6 Å². The summed E-state index contributed by atoms with van der Waals surface area (Å²) in [5, 5.41) is 9.43. The van der Waals surface area contributed by atoms with Crippen molar-refractivity contribution < 1.29 is 0 Å². The molecule has 0 saturated heterocycles. The third kappa shape index (κ3) is 4.16. The molecule has 2 aromatic heterocycles. The largest absolute Gasteiger partial charge is 0.297 e. The molecule has 0 amide bonds. The van der Waals surface area contributed by atoms with E-state index in [0.717, 1.165) is 46.6 Å². The molecule has 182 valence electrons. The highest BCUT2D eigenvalue weighted by Crippen LogP contribution is 2.29. The SMILES string of the molecule is CCC(CC)=Nn1c(-c2cccc3ccccc23)csc1=Nc1c(C)n(C)n(-c2ccccc2)c1=O. The zero-order chi connectivity index (χ0) is 25.2. The zero-order valence-corrected chi connectivity index (χ0v) is 21.8. The summed E-state index contributed by atoms with van der Waals surface area (Å²) in [6.45, 7) is 6.16. The molecule has 5 aromatic rings. The fourth-order valence-electron chi connectivity index (χ4n) is 4.42. The van der Waals surface area contributed by atoms with Crippen LogP contribution in [0.4, 0.5) is 5.69 Å². The Morgan fingerprint density at radius 1 is 0.917 bits per heavy atom. The Bertz CT molecular complexity index is 1690. The maximum absolute atomic E-state index is 13.5. The average Bonchev–Trinajstić information content (AvgIpc) is 3.40. The molecule has 0 N–H and O–H groups in total. The van der Waals surface area contributed by atoms with Crippen LogP contribution < -0.4 is 10.4 Å². The quantitative estimate of drug-likeness (QED) is 0.251. The van der Waals surface area contributed by atoms with E-state index in [2.05, 4.69) is 61.7 Å². The summed E-state index contributed by atoms with van der Waals surface area (Å²) < 4.78 is 5.42. The Labute approximate surface area is 214 Å². The second-order valence-electron chi connectivity index (χ2n) is 8.64. The van der Waals surface area contributed by atoms with E-state index in [1.165, 1.54) is 16.7 Å². The predicted octanol–water partition coefficient (Wildman–Crippen LogP) is 6.42. The summed E-state index contributed by atoms with van der Waals surface area (Å²) >= 11 is 1.50. The molecule has 0 atom stereocenters. The van der Waals surface area contributed by atoms with E-state index in [9.17, 15) is 4.79 Å². The average molecular weight is 496 g/mol. The molecule has 3 aromatic carbocycles. The minimum absolute atomic E-state index is 0.150. The van der Waals surface area contributed by atoms with Crippen LogP contribution in [-0.4, -0.2) is 19.8 Å². The number of thiazole rings is 1. The van der Waals surface area contributed by atoms with Crippen LogP contribution in [0.3, 0.4) is 0 Å². The lowest BCUT2D eigenvalue weighted by atomic mass is 10.0. The molecule has 0 fully saturated rings. The summed E-state index contributed by atoms with van der Waals surface area (Å²) in [5.74, 6) is 0. The Hall–Kier alpha value is -3.97. The van der Waals surface area contributed by atoms with E-state index in [4.69, 9.17) is 10.1 Å². The summed E-state index contributed by atoms with van der Waals surface area (Å²) in [4.78, 5) is 19.1. The third-order valence-electron chi connectivity index (χ3n) is 6.54. The number of para-hydroxylation sites is 1. The number of fused-ring (bicyclic) bond motifs is 1. The van der Waals surface area contributed by atoms with E-state index < -0.39 is 0 Å². The highest BCUT2D eigenvalue weighted by Gasteiger charge is 2.17. The Morgan fingerprint density at radius 2 is 1.61 bits per heavy atom. The van der Waals surface area contributed by atoms with Gasteiger partial charge in [0.15, 0.2) is 5.69 Å². The van der Waals surface area contributed by atoms with Crippen LogP contribution in [0.25, 0.3) is 27.7 Å². The molecule has 0 aliphatic rings. The second kappa shape index (κ2) is 9.95. The highest BCUT2D eigenvalue weighted by atomic mass is 32.1. The first-order chi connectivity index (χ1) is 17.5. The fourth-order valence-corrected chi connectivity index (χ4v) is 5.25. The topological polar surface area (TPSA) is 56.6 Å². The molecule has 2 heterocycles. The van der Waals surface area contributed by atoms with Crippen molar-refractivity contribution in [3.8, 4) is 16.9 Å². The molecule has 0 saturated carbocycles. The van der Waals surface area contributed by atoms with Gasteiger partial charge in [0.2, 0.25) is 4.80 Å². The molecule has 6 nitrogen and oxygen atoms in total. The molecule has 5 rings (SSSR count). The van der Waals surface area contributed by atoms with Gasteiger partial charge in [-0.3, -0.25) is 9.48 Å². The number of aromatic nitrogens is 3. The Morgan fingerprint density at radius 3 is 2.36 bits per heavy atom. The van der Waals surface area contributed by atoms with Gasteiger partial charge in [-0.15, -0.1) is 11.3 Å². The number of hydrogen-bond donors (Lipinski definition) is 0. The van der Waals surface area contributed by atoms with Crippen molar-refractivity contribution in [3.05, 3.63) is 99.0 Å². The van der Waals surface area contributed by atoms with Crippen molar-refractivity contribution in [1.29, 1.82) is 0 Å². The van der Waals surface area contributed by atoms with Gasteiger partial charge in [0.05, 0.1) is 17.1 Å². The lowest BCUT2D eigenvalue weighted by Crippen LogP contribution is -2.20. The molecule has 36 heavy (non-hydrogen) atoms. The smallest absolute Gasteiger partial charge is 0.283 e. The second-order valence-corrected chi connectivity index (χ2v) is 9.47. The Kier molecular flexibility index (Phi) is 6.57. The fraction of sp³-hybridized carbons (Fsp3) is 0.207. The Balaban J connectivity index is 1.77. The minimum atomic E-state index is -0.150. The summed E-state index contributed by atoms with van der Waals surface area (Å²) in [6.07, 6.45) is 1.69. The van der Waals surface area contributed by atoms with Crippen molar-refractivity contribution in [1.82, 2.24) is 14.0 Å².